The Labute approximate surface area is 133 Å². The molecule has 1 amide bonds. The maximum absolute atomic E-state index is 12.2. The molecule has 0 saturated heterocycles. The van der Waals surface area contributed by atoms with Crippen LogP contribution in [0.2, 0.25) is 0 Å². The predicted octanol–water partition coefficient (Wildman–Crippen LogP) is 3.38. The van der Waals surface area contributed by atoms with Crippen molar-refractivity contribution in [1.29, 1.82) is 0 Å². The van der Waals surface area contributed by atoms with E-state index in [0.29, 0.717) is 25.4 Å². The van der Waals surface area contributed by atoms with Crippen molar-refractivity contribution in [3.63, 3.8) is 0 Å². The molecule has 1 heterocycles. The van der Waals surface area contributed by atoms with Gasteiger partial charge in [0.2, 0.25) is 5.91 Å². The predicted molar refractivity (Wildman–Crippen MR) is 88.9 cm³/mol. The molecule has 0 aliphatic carbocycles. The molecule has 0 unspecified atom stereocenters. The summed E-state index contributed by atoms with van der Waals surface area (Å²) in [6.07, 6.45) is 1.31. The van der Waals surface area contributed by atoms with Gasteiger partial charge in [0.15, 0.2) is 6.10 Å². The van der Waals surface area contributed by atoms with Crippen LogP contribution in [0.25, 0.3) is 0 Å². The molecule has 0 N–H and O–H groups in total. The van der Waals surface area contributed by atoms with Gasteiger partial charge in [0, 0.05) is 24.9 Å². The molecule has 0 radical (unpaired) electrons. The SMILES string of the molecule is CCN(C[C@@H]1CC(c2ccccc2C)=NO1)C(=O)CC(C)C. The van der Waals surface area contributed by atoms with Crippen LogP contribution in [-0.2, 0) is 9.63 Å². The molecule has 1 aromatic carbocycles. The summed E-state index contributed by atoms with van der Waals surface area (Å²) >= 11 is 0. The van der Waals surface area contributed by atoms with Crippen LogP contribution in [0.15, 0.2) is 29.4 Å². The van der Waals surface area contributed by atoms with E-state index in [0.717, 1.165) is 17.7 Å². The molecule has 1 aromatic rings. The zero-order chi connectivity index (χ0) is 16.1. The Kier molecular flexibility index (Phi) is 5.58. The topological polar surface area (TPSA) is 41.9 Å². The molecular weight excluding hydrogens is 276 g/mol. The molecule has 120 valence electrons. The lowest BCUT2D eigenvalue weighted by molar-refractivity contribution is -0.133. The fraction of sp³-hybridized carbons (Fsp3) is 0.556. The number of oxime groups is 1. The van der Waals surface area contributed by atoms with Crippen molar-refractivity contribution in [2.24, 2.45) is 11.1 Å². The van der Waals surface area contributed by atoms with Gasteiger partial charge in [-0.1, -0.05) is 43.3 Å². The number of amides is 1. The Hall–Kier alpha value is -1.84. The number of carbonyl (C=O) groups is 1. The van der Waals surface area contributed by atoms with Gasteiger partial charge in [0.25, 0.3) is 0 Å². The van der Waals surface area contributed by atoms with E-state index in [-0.39, 0.29) is 12.0 Å². The summed E-state index contributed by atoms with van der Waals surface area (Å²) < 4.78 is 0. The third-order valence-electron chi connectivity index (χ3n) is 3.93. The summed E-state index contributed by atoms with van der Waals surface area (Å²) in [6, 6.07) is 8.19. The number of aryl methyl sites for hydroxylation is 1. The summed E-state index contributed by atoms with van der Waals surface area (Å²) in [5.41, 5.74) is 3.32. The average Bonchev–Trinajstić information content (AvgIpc) is 2.92. The van der Waals surface area contributed by atoms with Crippen LogP contribution in [0, 0.1) is 12.8 Å². The van der Waals surface area contributed by atoms with Crippen LogP contribution in [-0.4, -0.2) is 35.7 Å². The van der Waals surface area contributed by atoms with Crippen LogP contribution < -0.4 is 0 Å². The summed E-state index contributed by atoms with van der Waals surface area (Å²) in [5, 5.41) is 4.23. The molecule has 22 heavy (non-hydrogen) atoms. The molecule has 0 spiro atoms. The first-order valence-electron chi connectivity index (χ1n) is 8.07. The van der Waals surface area contributed by atoms with Crippen molar-refractivity contribution < 1.29 is 9.63 Å². The first-order valence-corrected chi connectivity index (χ1v) is 8.07. The van der Waals surface area contributed by atoms with Crippen molar-refractivity contribution >= 4 is 11.6 Å². The molecule has 0 aromatic heterocycles. The number of hydrogen-bond donors (Lipinski definition) is 0. The Morgan fingerprint density at radius 2 is 2.14 bits per heavy atom. The number of benzene rings is 1. The van der Waals surface area contributed by atoms with Gasteiger partial charge < -0.3 is 9.74 Å². The molecule has 1 aliphatic heterocycles. The average molecular weight is 302 g/mol. The minimum atomic E-state index is -0.0364. The molecule has 4 nitrogen and oxygen atoms in total. The number of rotatable bonds is 6. The molecule has 2 rings (SSSR count). The quantitative estimate of drug-likeness (QED) is 0.808. The van der Waals surface area contributed by atoms with Crippen molar-refractivity contribution in [1.82, 2.24) is 4.90 Å². The fourth-order valence-electron chi connectivity index (χ4n) is 2.71. The normalized spacial score (nSPS) is 17.3. The van der Waals surface area contributed by atoms with Crippen LogP contribution in [0.4, 0.5) is 0 Å². The molecule has 1 atom stereocenters. The highest BCUT2D eigenvalue weighted by atomic mass is 16.6. The van der Waals surface area contributed by atoms with Crippen molar-refractivity contribution in [3.8, 4) is 0 Å². The summed E-state index contributed by atoms with van der Waals surface area (Å²) in [5.74, 6) is 0.579. The molecule has 0 bridgehead atoms. The van der Waals surface area contributed by atoms with E-state index in [1.165, 1.54) is 5.56 Å². The fourth-order valence-corrected chi connectivity index (χ4v) is 2.71. The molecule has 1 aliphatic rings. The highest BCUT2D eigenvalue weighted by Crippen LogP contribution is 2.20. The number of nitrogens with zero attached hydrogens (tertiary/aromatic N) is 2. The van der Waals surface area contributed by atoms with E-state index < -0.39 is 0 Å². The highest BCUT2D eigenvalue weighted by Gasteiger charge is 2.26. The van der Waals surface area contributed by atoms with Gasteiger partial charge in [-0.05, 0) is 25.3 Å². The lowest BCUT2D eigenvalue weighted by atomic mass is 10.00. The summed E-state index contributed by atoms with van der Waals surface area (Å²) in [6.45, 7) is 9.55. The van der Waals surface area contributed by atoms with Gasteiger partial charge in [0.05, 0.1) is 12.3 Å². The number of carbonyl (C=O) groups excluding carboxylic acids is 1. The van der Waals surface area contributed by atoms with Crippen LogP contribution in [0.5, 0.6) is 0 Å². The van der Waals surface area contributed by atoms with E-state index in [1.807, 2.05) is 24.0 Å². The highest BCUT2D eigenvalue weighted by molar-refractivity contribution is 6.02. The standard InChI is InChI=1S/C18H26N2O2/c1-5-20(18(21)10-13(2)3)12-15-11-17(19-22-15)16-9-7-6-8-14(16)4/h6-9,13,15H,5,10-12H2,1-4H3/t15-/m0/s1. The van der Waals surface area contributed by atoms with Gasteiger partial charge in [-0.15, -0.1) is 0 Å². The van der Waals surface area contributed by atoms with Crippen LogP contribution in [0.1, 0.15) is 44.7 Å². The lowest BCUT2D eigenvalue weighted by Gasteiger charge is -2.24. The van der Waals surface area contributed by atoms with Crippen molar-refractivity contribution in [2.45, 2.75) is 46.6 Å². The smallest absolute Gasteiger partial charge is 0.222 e. The zero-order valence-electron chi connectivity index (χ0n) is 14.0. The summed E-state index contributed by atoms with van der Waals surface area (Å²) in [7, 11) is 0. The maximum atomic E-state index is 12.2. The Morgan fingerprint density at radius 3 is 2.77 bits per heavy atom. The first-order chi connectivity index (χ1) is 10.5. The minimum absolute atomic E-state index is 0.0364. The van der Waals surface area contributed by atoms with E-state index in [1.54, 1.807) is 0 Å². The largest absolute Gasteiger partial charge is 0.390 e. The first kappa shape index (κ1) is 16.5. The van der Waals surface area contributed by atoms with Gasteiger partial charge in [-0.2, -0.15) is 0 Å². The zero-order valence-corrected chi connectivity index (χ0v) is 14.0. The van der Waals surface area contributed by atoms with E-state index in [2.05, 4.69) is 38.1 Å². The third-order valence-corrected chi connectivity index (χ3v) is 3.93. The second kappa shape index (κ2) is 7.43. The van der Waals surface area contributed by atoms with Crippen molar-refractivity contribution in [2.75, 3.05) is 13.1 Å². The van der Waals surface area contributed by atoms with Crippen LogP contribution in [0.3, 0.4) is 0 Å². The second-order valence-corrected chi connectivity index (χ2v) is 6.31. The number of likely N-dealkylation sites (N-methyl/N-ethyl adjacent to an activating group) is 1. The van der Waals surface area contributed by atoms with Crippen molar-refractivity contribution in [3.05, 3.63) is 35.4 Å². The van der Waals surface area contributed by atoms with E-state index in [9.17, 15) is 4.79 Å². The number of hydrogen-bond acceptors (Lipinski definition) is 3. The molecular formula is C18H26N2O2. The van der Waals surface area contributed by atoms with E-state index in [4.69, 9.17) is 4.84 Å². The Bertz CT molecular complexity index is 552. The monoisotopic (exact) mass is 302 g/mol. The van der Waals surface area contributed by atoms with Gasteiger partial charge in [-0.3, -0.25) is 4.79 Å². The third kappa shape index (κ3) is 4.09. The van der Waals surface area contributed by atoms with Crippen LogP contribution >= 0.6 is 0 Å². The Morgan fingerprint density at radius 1 is 1.41 bits per heavy atom. The van der Waals surface area contributed by atoms with Gasteiger partial charge in [0.1, 0.15) is 0 Å². The molecule has 0 saturated carbocycles. The van der Waals surface area contributed by atoms with Gasteiger partial charge in [-0.25, -0.2) is 0 Å². The maximum Gasteiger partial charge on any atom is 0.222 e. The summed E-state index contributed by atoms with van der Waals surface area (Å²) in [4.78, 5) is 19.6. The molecule has 0 fully saturated rings. The minimum Gasteiger partial charge on any atom is -0.390 e. The Balaban J connectivity index is 1.94. The van der Waals surface area contributed by atoms with E-state index >= 15 is 0 Å². The second-order valence-electron chi connectivity index (χ2n) is 6.31. The van der Waals surface area contributed by atoms with Gasteiger partial charge >= 0.3 is 0 Å². The lowest BCUT2D eigenvalue weighted by Crippen LogP contribution is -2.38. The molecule has 4 heteroatoms.